The van der Waals surface area contributed by atoms with Gasteiger partial charge in [0.1, 0.15) is 0 Å². The Morgan fingerprint density at radius 3 is 2.65 bits per heavy atom. The SMILES string of the molecule is CC(CCCC(F)(F)F)Nc1cccc(Cl)c1. The summed E-state index contributed by atoms with van der Waals surface area (Å²) in [5, 5.41) is 3.73. The van der Waals surface area contributed by atoms with Gasteiger partial charge in [-0.2, -0.15) is 13.2 Å². The molecular weight excluding hydrogens is 251 g/mol. The molecule has 0 radical (unpaired) electrons. The van der Waals surface area contributed by atoms with Crippen LogP contribution in [0.3, 0.4) is 0 Å². The lowest BCUT2D eigenvalue weighted by atomic mass is 10.1. The zero-order valence-electron chi connectivity index (χ0n) is 9.52. The van der Waals surface area contributed by atoms with Crippen molar-refractivity contribution in [2.75, 3.05) is 5.32 Å². The molecule has 0 spiro atoms. The molecule has 1 N–H and O–H groups in total. The van der Waals surface area contributed by atoms with E-state index >= 15 is 0 Å². The van der Waals surface area contributed by atoms with Gasteiger partial charge in [0.15, 0.2) is 0 Å². The summed E-state index contributed by atoms with van der Waals surface area (Å²) < 4.78 is 35.8. The topological polar surface area (TPSA) is 12.0 Å². The molecule has 0 saturated carbocycles. The highest BCUT2D eigenvalue weighted by Crippen LogP contribution is 2.23. The Balaban J connectivity index is 2.32. The van der Waals surface area contributed by atoms with Gasteiger partial charge in [0.05, 0.1) is 0 Å². The van der Waals surface area contributed by atoms with Crippen LogP contribution in [0, 0.1) is 0 Å². The molecule has 0 aromatic heterocycles. The first-order chi connectivity index (χ1) is 7.87. The summed E-state index contributed by atoms with van der Waals surface area (Å²) in [6, 6.07) is 7.14. The maximum Gasteiger partial charge on any atom is 0.389 e. The molecule has 0 aliphatic rings. The predicted molar refractivity (Wildman–Crippen MR) is 64.4 cm³/mol. The lowest BCUT2D eigenvalue weighted by molar-refractivity contribution is -0.135. The van der Waals surface area contributed by atoms with Gasteiger partial charge in [-0.3, -0.25) is 0 Å². The molecule has 0 heterocycles. The van der Waals surface area contributed by atoms with Crippen molar-refractivity contribution in [1.29, 1.82) is 0 Å². The van der Waals surface area contributed by atoms with E-state index in [1.54, 1.807) is 18.2 Å². The Kier molecular flexibility index (Phi) is 5.12. The van der Waals surface area contributed by atoms with Crippen molar-refractivity contribution in [3.05, 3.63) is 29.3 Å². The Labute approximate surface area is 104 Å². The third-order valence-electron chi connectivity index (χ3n) is 2.34. The van der Waals surface area contributed by atoms with E-state index in [1.165, 1.54) is 0 Å². The van der Waals surface area contributed by atoms with Crippen LogP contribution in [-0.2, 0) is 0 Å². The Bertz CT molecular complexity index is 352. The lowest BCUT2D eigenvalue weighted by Crippen LogP contribution is -2.16. The van der Waals surface area contributed by atoms with Gasteiger partial charge in [-0.15, -0.1) is 0 Å². The normalized spacial score (nSPS) is 13.5. The van der Waals surface area contributed by atoms with Crippen LogP contribution in [0.2, 0.25) is 5.02 Å². The molecule has 0 aliphatic carbocycles. The first kappa shape index (κ1) is 14.2. The van der Waals surface area contributed by atoms with E-state index in [2.05, 4.69) is 5.32 Å². The maximum absolute atomic E-state index is 11.9. The summed E-state index contributed by atoms with van der Waals surface area (Å²) in [5.41, 5.74) is 0.831. The standard InChI is InChI=1S/C12H15ClF3N/c1-9(4-3-7-12(14,15)16)17-11-6-2-5-10(13)8-11/h2,5-6,8-9,17H,3-4,7H2,1H3. The highest BCUT2D eigenvalue weighted by atomic mass is 35.5. The number of anilines is 1. The van der Waals surface area contributed by atoms with E-state index in [9.17, 15) is 13.2 Å². The average Bonchev–Trinajstić information content (AvgIpc) is 2.15. The molecule has 1 unspecified atom stereocenters. The van der Waals surface area contributed by atoms with Crippen LogP contribution in [0.1, 0.15) is 26.2 Å². The molecule has 1 aromatic carbocycles. The first-order valence-electron chi connectivity index (χ1n) is 5.46. The van der Waals surface area contributed by atoms with Gasteiger partial charge in [-0.1, -0.05) is 17.7 Å². The zero-order chi connectivity index (χ0) is 12.9. The van der Waals surface area contributed by atoms with Crippen LogP contribution in [0.4, 0.5) is 18.9 Å². The van der Waals surface area contributed by atoms with Crippen molar-refractivity contribution in [2.24, 2.45) is 0 Å². The van der Waals surface area contributed by atoms with Crippen LogP contribution in [0.15, 0.2) is 24.3 Å². The molecule has 0 amide bonds. The minimum absolute atomic E-state index is 0.00387. The summed E-state index contributed by atoms with van der Waals surface area (Å²) in [5.74, 6) is 0. The van der Waals surface area contributed by atoms with Gasteiger partial charge in [0, 0.05) is 23.2 Å². The van der Waals surface area contributed by atoms with E-state index in [0.29, 0.717) is 11.4 Å². The van der Waals surface area contributed by atoms with Gasteiger partial charge in [-0.05, 0) is 38.0 Å². The Morgan fingerprint density at radius 2 is 2.06 bits per heavy atom. The lowest BCUT2D eigenvalue weighted by Gasteiger charge is -2.15. The molecule has 17 heavy (non-hydrogen) atoms. The number of nitrogens with one attached hydrogen (secondary N) is 1. The van der Waals surface area contributed by atoms with Crippen molar-refractivity contribution in [2.45, 2.75) is 38.4 Å². The van der Waals surface area contributed by atoms with Crippen molar-refractivity contribution in [1.82, 2.24) is 0 Å². The number of halogens is 4. The van der Waals surface area contributed by atoms with E-state index in [0.717, 1.165) is 5.69 Å². The van der Waals surface area contributed by atoms with Gasteiger partial charge < -0.3 is 5.32 Å². The summed E-state index contributed by atoms with van der Waals surface area (Å²) in [6.07, 6.45) is -4.17. The van der Waals surface area contributed by atoms with Crippen LogP contribution in [0.5, 0.6) is 0 Å². The highest BCUT2D eigenvalue weighted by Gasteiger charge is 2.26. The molecule has 1 atom stereocenters. The molecule has 1 rings (SSSR count). The number of rotatable bonds is 5. The van der Waals surface area contributed by atoms with Gasteiger partial charge in [0.2, 0.25) is 0 Å². The molecular formula is C12H15ClF3N. The summed E-state index contributed by atoms with van der Waals surface area (Å²) >= 11 is 5.80. The number of hydrogen-bond acceptors (Lipinski definition) is 1. The molecule has 0 fully saturated rings. The third-order valence-corrected chi connectivity index (χ3v) is 2.57. The molecule has 0 bridgehead atoms. The molecule has 96 valence electrons. The summed E-state index contributed by atoms with van der Waals surface area (Å²) in [6.45, 7) is 1.86. The van der Waals surface area contributed by atoms with Gasteiger partial charge >= 0.3 is 6.18 Å². The van der Waals surface area contributed by atoms with Crippen LogP contribution >= 0.6 is 11.6 Å². The average molecular weight is 266 g/mol. The summed E-state index contributed by atoms with van der Waals surface area (Å²) in [4.78, 5) is 0. The minimum Gasteiger partial charge on any atom is -0.383 e. The smallest absolute Gasteiger partial charge is 0.383 e. The van der Waals surface area contributed by atoms with Crippen LogP contribution < -0.4 is 5.32 Å². The molecule has 5 heteroatoms. The Hall–Kier alpha value is -0.900. The fourth-order valence-corrected chi connectivity index (χ4v) is 1.73. The van der Waals surface area contributed by atoms with Crippen LogP contribution in [0.25, 0.3) is 0 Å². The second-order valence-corrected chi connectivity index (χ2v) is 4.50. The summed E-state index contributed by atoms with van der Waals surface area (Å²) in [7, 11) is 0. The monoisotopic (exact) mass is 265 g/mol. The first-order valence-corrected chi connectivity index (χ1v) is 5.83. The van der Waals surface area contributed by atoms with Gasteiger partial charge in [0.25, 0.3) is 0 Å². The largest absolute Gasteiger partial charge is 0.389 e. The van der Waals surface area contributed by atoms with Crippen molar-refractivity contribution in [3.8, 4) is 0 Å². The molecule has 0 saturated heterocycles. The Morgan fingerprint density at radius 1 is 1.35 bits per heavy atom. The molecule has 0 aliphatic heterocycles. The molecule has 1 aromatic rings. The second kappa shape index (κ2) is 6.15. The maximum atomic E-state index is 11.9. The quantitative estimate of drug-likeness (QED) is 0.801. The van der Waals surface area contributed by atoms with Crippen molar-refractivity contribution in [3.63, 3.8) is 0 Å². The van der Waals surface area contributed by atoms with E-state index in [-0.39, 0.29) is 12.5 Å². The second-order valence-electron chi connectivity index (χ2n) is 4.06. The van der Waals surface area contributed by atoms with E-state index in [1.807, 2.05) is 13.0 Å². The fourth-order valence-electron chi connectivity index (χ4n) is 1.54. The minimum atomic E-state index is -4.06. The van der Waals surface area contributed by atoms with Crippen molar-refractivity contribution >= 4 is 17.3 Å². The fraction of sp³-hybridized carbons (Fsp3) is 0.500. The van der Waals surface area contributed by atoms with E-state index in [4.69, 9.17) is 11.6 Å². The highest BCUT2D eigenvalue weighted by molar-refractivity contribution is 6.30. The third kappa shape index (κ3) is 6.41. The van der Waals surface area contributed by atoms with Crippen molar-refractivity contribution < 1.29 is 13.2 Å². The number of hydrogen-bond donors (Lipinski definition) is 1. The number of alkyl halides is 3. The van der Waals surface area contributed by atoms with Gasteiger partial charge in [-0.25, -0.2) is 0 Å². The van der Waals surface area contributed by atoms with E-state index < -0.39 is 12.6 Å². The van der Waals surface area contributed by atoms with Crippen LogP contribution in [-0.4, -0.2) is 12.2 Å². The zero-order valence-corrected chi connectivity index (χ0v) is 10.3. The predicted octanol–water partition coefficient (Wildman–Crippen LogP) is 4.87. The number of benzene rings is 1. The molecule has 1 nitrogen and oxygen atoms in total.